The van der Waals surface area contributed by atoms with Gasteiger partial charge in [-0.25, -0.2) is 4.79 Å². The Hall–Kier alpha value is -1.88. The number of carboxylic acids is 1. The van der Waals surface area contributed by atoms with Crippen molar-refractivity contribution in [3.8, 4) is 0 Å². The summed E-state index contributed by atoms with van der Waals surface area (Å²) in [5.41, 5.74) is 1.25. The first-order chi connectivity index (χ1) is 10.1. The van der Waals surface area contributed by atoms with Crippen molar-refractivity contribution < 1.29 is 19.4 Å². The average molecular weight is 291 g/mol. The quantitative estimate of drug-likeness (QED) is 0.900. The largest absolute Gasteiger partial charge is 0.478 e. The van der Waals surface area contributed by atoms with Crippen LogP contribution in [-0.2, 0) is 16.0 Å². The van der Waals surface area contributed by atoms with Crippen LogP contribution in [0.3, 0.4) is 0 Å². The van der Waals surface area contributed by atoms with Gasteiger partial charge in [-0.05, 0) is 30.5 Å². The minimum atomic E-state index is -0.934. The van der Waals surface area contributed by atoms with Crippen LogP contribution >= 0.6 is 0 Å². The Kier molecular flexibility index (Phi) is 5.33. The van der Waals surface area contributed by atoms with Crippen LogP contribution in [0.5, 0.6) is 0 Å². The Morgan fingerprint density at radius 2 is 2.05 bits per heavy atom. The van der Waals surface area contributed by atoms with Gasteiger partial charge in [0.05, 0.1) is 18.3 Å². The van der Waals surface area contributed by atoms with Crippen LogP contribution in [0.2, 0.25) is 0 Å². The molecule has 0 radical (unpaired) electrons. The number of rotatable bonds is 5. The van der Waals surface area contributed by atoms with Gasteiger partial charge in [0.2, 0.25) is 5.91 Å². The van der Waals surface area contributed by atoms with E-state index in [1.165, 1.54) is 0 Å². The molecule has 0 saturated carbocycles. The van der Waals surface area contributed by atoms with E-state index in [2.05, 4.69) is 6.92 Å². The normalized spacial score (nSPS) is 18.5. The molecule has 0 aromatic heterocycles. The van der Waals surface area contributed by atoms with Gasteiger partial charge in [-0.15, -0.1) is 0 Å². The van der Waals surface area contributed by atoms with Gasteiger partial charge in [-0.2, -0.15) is 0 Å². The van der Waals surface area contributed by atoms with Gasteiger partial charge in [-0.1, -0.05) is 19.1 Å². The Labute approximate surface area is 124 Å². The minimum Gasteiger partial charge on any atom is -0.478 e. The number of carbonyl (C=O) groups is 2. The van der Waals surface area contributed by atoms with Crippen molar-refractivity contribution >= 4 is 11.9 Å². The highest BCUT2D eigenvalue weighted by Gasteiger charge is 2.22. The zero-order valence-corrected chi connectivity index (χ0v) is 12.2. The molecule has 0 aliphatic carbocycles. The standard InChI is InChI=1S/C16H21NO4/c1-2-14-11-17(9-10-21-14)15(18)8-5-12-3-6-13(7-4-12)16(19)20/h3-4,6-7,14H,2,5,8-11H2,1H3,(H,19,20). The Bertz CT molecular complexity index is 498. The van der Waals surface area contributed by atoms with E-state index in [1.807, 2.05) is 4.90 Å². The van der Waals surface area contributed by atoms with Crippen LogP contribution in [0, 0.1) is 0 Å². The molecule has 2 rings (SSSR count). The SMILES string of the molecule is CCC1CN(C(=O)CCc2ccc(C(=O)O)cc2)CCO1. The zero-order chi connectivity index (χ0) is 15.2. The second-order valence-electron chi connectivity index (χ2n) is 5.24. The summed E-state index contributed by atoms with van der Waals surface area (Å²) >= 11 is 0. The number of ether oxygens (including phenoxy) is 1. The number of aromatic carboxylic acids is 1. The van der Waals surface area contributed by atoms with Crippen LogP contribution in [0.15, 0.2) is 24.3 Å². The highest BCUT2D eigenvalue weighted by molar-refractivity contribution is 5.87. The zero-order valence-electron chi connectivity index (χ0n) is 12.2. The van der Waals surface area contributed by atoms with Crippen LogP contribution in [0.1, 0.15) is 35.7 Å². The van der Waals surface area contributed by atoms with Gasteiger partial charge >= 0.3 is 5.97 Å². The molecule has 1 fully saturated rings. The van der Waals surface area contributed by atoms with Crippen molar-refractivity contribution in [3.63, 3.8) is 0 Å². The molecule has 1 saturated heterocycles. The molecular formula is C16H21NO4. The smallest absolute Gasteiger partial charge is 0.335 e. The lowest BCUT2D eigenvalue weighted by atomic mass is 10.1. The first kappa shape index (κ1) is 15.5. The molecule has 1 aliphatic rings. The van der Waals surface area contributed by atoms with Gasteiger partial charge in [0.25, 0.3) is 0 Å². The number of hydrogen-bond acceptors (Lipinski definition) is 3. The maximum atomic E-state index is 12.2. The Morgan fingerprint density at radius 1 is 1.33 bits per heavy atom. The first-order valence-corrected chi connectivity index (χ1v) is 7.31. The predicted octanol–water partition coefficient (Wildman–Crippen LogP) is 1.95. The van der Waals surface area contributed by atoms with Gasteiger partial charge in [0, 0.05) is 19.5 Å². The molecular weight excluding hydrogens is 270 g/mol. The summed E-state index contributed by atoms with van der Waals surface area (Å²) in [6.07, 6.45) is 2.15. The fraction of sp³-hybridized carbons (Fsp3) is 0.500. The van der Waals surface area contributed by atoms with E-state index in [0.29, 0.717) is 32.5 Å². The van der Waals surface area contributed by atoms with E-state index >= 15 is 0 Å². The monoisotopic (exact) mass is 291 g/mol. The van der Waals surface area contributed by atoms with Gasteiger partial charge in [-0.3, -0.25) is 4.79 Å². The molecule has 21 heavy (non-hydrogen) atoms. The molecule has 1 heterocycles. The third-order valence-corrected chi connectivity index (χ3v) is 3.78. The van der Waals surface area contributed by atoms with E-state index in [9.17, 15) is 9.59 Å². The number of nitrogens with zero attached hydrogens (tertiary/aromatic N) is 1. The van der Waals surface area contributed by atoms with E-state index in [4.69, 9.17) is 9.84 Å². The van der Waals surface area contributed by atoms with Crippen LogP contribution in [0.4, 0.5) is 0 Å². The maximum absolute atomic E-state index is 12.2. The maximum Gasteiger partial charge on any atom is 0.335 e. The molecule has 114 valence electrons. The predicted molar refractivity (Wildman–Crippen MR) is 78.3 cm³/mol. The van der Waals surface area contributed by atoms with Crippen LogP contribution in [0.25, 0.3) is 0 Å². The van der Waals surface area contributed by atoms with E-state index in [-0.39, 0.29) is 17.6 Å². The molecule has 1 amide bonds. The van der Waals surface area contributed by atoms with E-state index < -0.39 is 5.97 Å². The molecule has 1 atom stereocenters. The number of carboxylic acid groups (broad SMARTS) is 1. The van der Waals surface area contributed by atoms with E-state index in [1.54, 1.807) is 24.3 Å². The first-order valence-electron chi connectivity index (χ1n) is 7.31. The number of morpholine rings is 1. The number of benzene rings is 1. The molecule has 1 aromatic carbocycles. The van der Waals surface area contributed by atoms with Crippen molar-refractivity contribution in [1.29, 1.82) is 0 Å². The van der Waals surface area contributed by atoms with Crippen molar-refractivity contribution in [2.24, 2.45) is 0 Å². The number of aryl methyl sites for hydroxylation is 1. The lowest BCUT2D eigenvalue weighted by Crippen LogP contribution is -2.45. The second kappa shape index (κ2) is 7.22. The third-order valence-electron chi connectivity index (χ3n) is 3.78. The van der Waals surface area contributed by atoms with Gasteiger partial charge in [0.15, 0.2) is 0 Å². The summed E-state index contributed by atoms with van der Waals surface area (Å²) in [7, 11) is 0. The summed E-state index contributed by atoms with van der Waals surface area (Å²) in [5.74, 6) is -0.796. The van der Waals surface area contributed by atoms with Crippen LogP contribution in [-0.4, -0.2) is 47.7 Å². The van der Waals surface area contributed by atoms with Gasteiger partial charge < -0.3 is 14.7 Å². The molecule has 5 heteroatoms. The Morgan fingerprint density at radius 3 is 2.67 bits per heavy atom. The van der Waals surface area contributed by atoms with Crippen molar-refractivity contribution in [1.82, 2.24) is 4.90 Å². The molecule has 1 unspecified atom stereocenters. The fourth-order valence-electron chi connectivity index (χ4n) is 2.42. The molecule has 0 bridgehead atoms. The third kappa shape index (κ3) is 4.29. The van der Waals surface area contributed by atoms with Crippen LogP contribution < -0.4 is 0 Å². The van der Waals surface area contributed by atoms with Crippen molar-refractivity contribution in [2.45, 2.75) is 32.3 Å². The molecule has 1 aromatic rings. The molecule has 1 N–H and O–H groups in total. The highest BCUT2D eigenvalue weighted by atomic mass is 16.5. The highest BCUT2D eigenvalue weighted by Crippen LogP contribution is 2.12. The lowest BCUT2D eigenvalue weighted by Gasteiger charge is -2.32. The summed E-state index contributed by atoms with van der Waals surface area (Å²) in [6, 6.07) is 6.68. The van der Waals surface area contributed by atoms with E-state index in [0.717, 1.165) is 12.0 Å². The minimum absolute atomic E-state index is 0.138. The van der Waals surface area contributed by atoms with Crippen molar-refractivity contribution in [2.75, 3.05) is 19.7 Å². The average Bonchev–Trinajstić information content (AvgIpc) is 2.53. The Balaban J connectivity index is 1.84. The summed E-state index contributed by atoms with van der Waals surface area (Å²) in [6.45, 7) is 4.00. The summed E-state index contributed by atoms with van der Waals surface area (Å²) in [5, 5.41) is 8.84. The molecule has 0 spiro atoms. The lowest BCUT2D eigenvalue weighted by molar-refractivity contribution is -0.138. The topological polar surface area (TPSA) is 66.8 Å². The van der Waals surface area contributed by atoms with Gasteiger partial charge in [0.1, 0.15) is 0 Å². The second-order valence-corrected chi connectivity index (χ2v) is 5.24. The fourth-order valence-corrected chi connectivity index (χ4v) is 2.42. The molecule has 5 nitrogen and oxygen atoms in total. The number of amides is 1. The molecule has 1 aliphatic heterocycles. The van der Waals surface area contributed by atoms with Crippen molar-refractivity contribution in [3.05, 3.63) is 35.4 Å². The summed E-state index contributed by atoms with van der Waals surface area (Å²) in [4.78, 5) is 24.8. The summed E-state index contributed by atoms with van der Waals surface area (Å²) < 4.78 is 5.56. The number of carbonyl (C=O) groups excluding carboxylic acids is 1. The number of hydrogen-bond donors (Lipinski definition) is 1.